The Morgan fingerprint density at radius 3 is 2.02 bits per heavy atom. The van der Waals surface area contributed by atoms with E-state index >= 15 is 0 Å². The Bertz CT molecular complexity index is 1560. The molecule has 0 unspecified atom stereocenters. The SMILES string of the molecule is Cc1cccc(C)c1-n1nnnc1[C@@H](c1ccc(-c2ccccc2)cc1)N1CCN(C/C=C/c2ccccc2)CC1. The average Bonchev–Trinajstić information content (AvgIpc) is 3.48. The maximum Gasteiger partial charge on any atom is 0.178 e. The van der Waals surface area contributed by atoms with Crippen LogP contribution >= 0.6 is 0 Å². The van der Waals surface area contributed by atoms with Gasteiger partial charge in [-0.25, -0.2) is 0 Å². The second-order valence-corrected chi connectivity index (χ2v) is 10.7. The zero-order valence-corrected chi connectivity index (χ0v) is 23.8. The van der Waals surface area contributed by atoms with Gasteiger partial charge in [-0.05, 0) is 57.7 Å². The van der Waals surface area contributed by atoms with Crippen molar-refractivity contribution in [1.29, 1.82) is 0 Å². The number of hydrogen-bond donors (Lipinski definition) is 0. The molecule has 206 valence electrons. The Kier molecular flexibility index (Phi) is 8.12. The Hall–Kier alpha value is -4.39. The molecule has 1 atom stereocenters. The Morgan fingerprint density at radius 2 is 1.34 bits per heavy atom. The van der Waals surface area contributed by atoms with Gasteiger partial charge in [0, 0.05) is 32.7 Å². The molecule has 1 aromatic heterocycles. The maximum absolute atomic E-state index is 4.64. The van der Waals surface area contributed by atoms with Crippen molar-refractivity contribution in [3.63, 3.8) is 0 Å². The summed E-state index contributed by atoms with van der Waals surface area (Å²) in [6.07, 6.45) is 4.48. The van der Waals surface area contributed by atoms with E-state index in [1.165, 1.54) is 22.3 Å². The minimum Gasteiger partial charge on any atom is -0.297 e. The Balaban J connectivity index is 1.28. The van der Waals surface area contributed by atoms with Crippen LogP contribution in [0.3, 0.4) is 0 Å². The fourth-order valence-corrected chi connectivity index (χ4v) is 5.78. The molecule has 4 aromatic carbocycles. The fourth-order valence-electron chi connectivity index (χ4n) is 5.78. The maximum atomic E-state index is 4.64. The van der Waals surface area contributed by atoms with Gasteiger partial charge in [0.1, 0.15) is 0 Å². The van der Waals surface area contributed by atoms with Crippen LogP contribution in [0.25, 0.3) is 22.9 Å². The first-order chi connectivity index (χ1) is 20.2. The molecule has 6 heteroatoms. The van der Waals surface area contributed by atoms with Crippen molar-refractivity contribution < 1.29 is 0 Å². The lowest BCUT2D eigenvalue weighted by Gasteiger charge is -2.38. The summed E-state index contributed by atoms with van der Waals surface area (Å²) in [6, 6.07) is 36.2. The lowest BCUT2D eigenvalue weighted by atomic mass is 9.98. The number of para-hydroxylation sites is 1. The van der Waals surface area contributed by atoms with Gasteiger partial charge in [0.15, 0.2) is 5.82 Å². The molecule has 6 rings (SSSR count). The van der Waals surface area contributed by atoms with Gasteiger partial charge in [0.2, 0.25) is 0 Å². The van der Waals surface area contributed by atoms with Crippen molar-refractivity contribution in [2.75, 3.05) is 32.7 Å². The van der Waals surface area contributed by atoms with E-state index in [1.54, 1.807) is 0 Å². The van der Waals surface area contributed by atoms with Crippen LogP contribution in [0.15, 0.2) is 109 Å². The number of aryl methyl sites for hydroxylation is 2. The summed E-state index contributed by atoms with van der Waals surface area (Å²) in [5, 5.41) is 13.3. The summed E-state index contributed by atoms with van der Waals surface area (Å²) >= 11 is 0. The third-order valence-corrected chi connectivity index (χ3v) is 7.97. The average molecular weight is 541 g/mol. The molecule has 1 aliphatic rings. The second-order valence-electron chi connectivity index (χ2n) is 10.7. The number of aromatic nitrogens is 4. The predicted octanol–water partition coefficient (Wildman–Crippen LogP) is 6.37. The Morgan fingerprint density at radius 1 is 0.707 bits per heavy atom. The standard InChI is InChI=1S/C35H36N6/c1-27-11-9-12-28(2)33(27)41-35(36-37-38-41)34(32-20-18-31(19-21-32)30-16-7-4-8-17-30)40-25-23-39(24-26-40)22-10-15-29-13-5-3-6-14-29/h3-21,34H,22-26H2,1-2H3/b15-10+/t34-/m1/s1. The van der Waals surface area contributed by atoms with Crippen molar-refractivity contribution in [2.24, 2.45) is 0 Å². The largest absolute Gasteiger partial charge is 0.297 e. The van der Waals surface area contributed by atoms with Gasteiger partial charge in [-0.1, -0.05) is 115 Å². The van der Waals surface area contributed by atoms with Gasteiger partial charge in [0.25, 0.3) is 0 Å². The quantitative estimate of drug-likeness (QED) is 0.229. The molecule has 0 bridgehead atoms. The van der Waals surface area contributed by atoms with Crippen molar-refractivity contribution in [3.05, 3.63) is 137 Å². The van der Waals surface area contributed by atoms with Crippen molar-refractivity contribution in [2.45, 2.75) is 19.9 Å². The topological polar surface area (TPSA) is 50.1 Å². The molecule has 0 N–H and O–H groups in total. The predicted molar refractivity (Wildman–Crippen MR) is 166 cm³/mol. The molecular formula is C35H36N6. The summed E-state index contributed by atoms with van der Waals surface area (Å²) in [5.41, 5.74) is 8.24. The summed E-state index contributed by atoms with van der Waals surface area (Å²) < 4.78 is 1.95. The highest BCUT2D eigenvalue weighted by Gasteiger charge is 2.31. The van der Waals surface area contributed by atoms with Crippen LogP contribution < -0.4 is 0 Å². The van der Waals surface area contributed by atoms with Crippen molar-refractivity contribution >= 4 is 6.08 Å². The fraction of sp³-hybridized carbons (Fsp3) is 0.229. The molecule has 1 fully saturated rings. The zero-order valence-electron chi connectivity index (χ0n) is 23.8. The minimum absolute atomic E-state index is 0.0594. The molecule has 1 saturated heterocycles. The molecule has 0 saturated carbocycles. The smallest absolute Gasteiger partial charge is 0.178 e. The highest BCUT2D eigenvalue weighted by atomic mass is 15.6. The van der Waals surface area contributed by atoms with Gasteiger partial charge in [-0.3, -0.25) is 9.80 Å². The van der Waals surface area contributed by atoms with E-state index in [2.05, 4.69) is 154 Å². The summed E-state index contributed by atoms with van der Waals surface area (Å²) in [7, 11) is 0. The number of rotatable bonds is 8. The van der Waals surface area contributed by atoms with E-state index in [9.17, 15) is 0 Å². The van der Waals surface area contributed by atoms with E-state index in [0.29, 0.717) is 0 Å². The van der Waals surface area contributed by atoms with Crippen molar-refractivity contribution in [1.82, 2.24) is 30.0 Å². The van der Waals surface area contributed by atoms with Crippen LogP contribution in [-0.4, -0.2) is 62.7 Å². The molecule has 0 aliphatic carbocycles. The van der Waals surface area contributed by atoms with E-state index in [1.807, 2.05) is 4.68 Å². The van der Waals surface area contributed by atoms with Crippen LogP contribution in [0.4, 0.5) is 0 Å². The van der Waals surface area contributed by atoms with E-state index in [4.69, 9.17) is 0 Å². The van der Waals surface area contributed by atoms with Crippen molar-refractivity contribution in [3.8, 4) is 16.8 Å². The first-order valence-electron chi connectivity index (χ1n) is 14.4. The van der Waals surface area contributed by atoms with Crippen LogP contribution in [0.2, 0.25) is 0 Å². The number of benzene rings is 4. The first kappa shape index (κ1) is 26.8. The molecule has 1 aliphatic heterocycles. The Labute approximate surface area is 242 Å². The summed E-state index contributed by atoms with van der Waals surface area (Å²) in [4.78, 5) is 5.05. The minimum atomic E-state index is -0.0594. The number of piperazine rings is 1. The van der Waals surface area contributed by atoms with E-state index < -0.39 is 0 Å². The lowest BCUT2D eigenvalue weighted by molar-refractivity contribution is 0.113. The number of nitrogens with zero attached hydrogens (tertiary/aromatic N) is 6. The molecule has 0 amide bonds. The molecule has 0 radical (unpaired) electrons. The zero-order chi connectivity index (χ0) is 28.0. The summed E-state index contributed by atoms with van der Waals surface area (Å²) in [6.45, 7) is 9.04. The first-order valence-corrected chi connectivity index (χ1v) is 14.4. The third kappa shape index (κ3) is 6.04. The van der Waals surface area contributed by atoms with E-state index in [-0.39, 0.29) is 6.04 Å². The molecule has 0 spiro atoms. The summed E-state index contributed by atoms with van der Waals surface area (Å²) in [5.74, 6) is 0.854. The van der Waals surface area contributed by atoms with Gasteiger partial charge in [0.05, 0.1) is 11.7 Å². The van der Waals surface area contributed by atoms with Gasteiger partial charge >= 0.3 is 0 Å². The molecule has 2 heterocycles. The van der Waals surface area contributed by atoms with Gasteiger partial charge < -0.3 is 0 Å². The van der Waals surface area contributed by atoms with Gasteiger partial charge in [-0.2, -0.15) is 4.68 Å². The number of hydrogen-bond acceptors (Lipinski definition) is 5. The van der Waals surface area contributed by atoms with Crippen LogP contribution in [0.1, 0.15) is 34.1 Å². The number of tetrazole rings is 1. The molecule has 6 nitrogen and oxygen atoms in total. The molecular weight excluding hydrogens is 504 g/mol. The normalized spacial score (nSPS) is 15.4. The monoisotopic (exact) mass is 540 g/mol. The van der Waals surface area contributed by atoms with Crippen LogP contribution in [0.5, 0.6) is 0 Å². The highest BCUT2D eigenvalue weighted by molar-refractivity contribution is 5.63. The van der Waals surface area contributed by atoms with Crippen LogP contribution in [-0.2, 0) is 0 Å². The lowest BCUT2D eigenvalue weighted by Crippen LogP contribution is -2.48. The molecule has 5 aromatic rings. The van der Waals surface area contributed by atoms with E-state index in [0.717, 1.165) is 55.4 Å². The second kappa shape index (κ2) is 12.4. The third-order valence-electron chi connectivity index (χ3n) is 7.97. The molecule has 41 heavy (non-hydrogen) atoms. The highest BCUT2D eigenvalue weighted by Crippen LogP contribution is 2.32. The van der Waals surface area contributed by atoms with Gasteiger partial charge in [-0.15, -0.1) is 5.10 Å². The van der Waals surface area contributed by atoms with Crippen LogP contribution in [0, 0.1) is 13.8 Å².